The van der Waals surface area contributed by atoms with E-state index in [1.165, 1.54) is 27.8 Å². The summed E-state index contributed by atoms with van der Waals surface area (Å²) in [5, 5.41) is 2.22. The van der Waals surface area contributed by atoms with Crippen LogP contribution in [0, 0.1) is 32.6 Å². The maximum atomic E-state index is 6.52. The van der Waals surface area contributed by atoms with Gasteiger partial charge in [-0.05, 0) is 100 Å². The van der Waals surface area contributed by atoms with Crippen LogP contribution in [0.4, 0.5) is 23.0 Å². The molecule has 1 aliphatic heterocycles. The van der Waals surface area contributed by atoms with E-state index in [1.54, 1.807) is 0 Å². The summed E-state index contributed by atoms with van der Waals surface area (Å²) in [6.07, 6.45) is 5.67. The zero-order chi connectivity index (χ0) is 39.6. The van der Waals surface area contributed by atoms with E-state index in [-0.39, 0.29) is 31.9 Å². The summed E-state index contributed by atoms with van der Waals surface area (Å²) in [6, 6.07) is 42.6. The van der Waals surface area contributed by atoms with Crippen molar-refractivity contribution in [3.05, 3.63) is 163 Å². The second-order valence-corrected chi connectivity index (χ2v) is 16.9. The van der Waals surface area contributed by atoms with E-state index in [4.69, 9.17) is 19.7 Å². The summed E-state index contributed by atoms with van der Waals surface area (Å²) in [5.41, 5.74) is 11.1. The number of para-hydroxylation sites is 1. The van der Waals surface area contributed by atoms with Crippen molar-refractivity contribution in [3.63, 3.8) is 0 Å². The van der Waals surface area contributed by atoms with E-state index in [9.17, 15) is 0 Å². The van der Waals surface area contributed by atoms with E-state index < -0.39 is 0 Å². The molecule has 4 aromatic carbocycles. The van der Waals surface area contributed by atoms with Crippen molar-refractivity contribution in [2.24, 2.45) is 0 Å². The van der Waals surface area contributed by atoms with E-state index in [2.05, 4.69) is 150 Å². The molecule has 0 saturated carbocycles. The van der Waals surface area contributed by atoms with Crippen LogP contribution in [0.3, 0.4) is 0 Å². The average molecular weight is 941 g/mol. The summed E-state index contributed by atoms with van der Waals surface area (Å²) in [7, 11) is 0. The maximum absolute atomic E-state index is 6.52. The quantitative estimate of drug-likeness (QED) is 0.155. The number of aromatic nitrogens is 4. The number of pyridine rings is 3. The third-order valence-corrected chi connectivity index (χ3v) is 10.8. The van der Waals surface area contributed by atoms with Crippen LogP contribution in [0.25, 0.3) is 38.8 Å². The van der Waals surface area contributed by atoms with Crippen molar-refractivity contribution >= 4 is 44.8 Å². The fourth-order valence-electron chi connectivity index (χ4n) is 7.82. The second kappa shape index (κ2) is 14.9. The summed E-state index contributed by atoms with van der Waals surface area (Å²) >= 11 is 0. The number of benzene rings is 4. The first kappa shape index (κ1) is 39.1. The molecule has 0 aliphatic carbocycles. The first-order valence-corrected chi connectivity index (χ1v) is 19.4. The molecule has 5 heterocycles. The zero-order valence-electron chi connectivity index (χ0n) is 34.0. The number of aryl methyl sites for hydroxylation is 2. The number of nitrogens with zero attached hydrogens (tertiary/aromatic N) is 6. The fourth-order valence-corrected chi connectivity index (χ4v) is 7.82. The molecule has 0 amide bonds. The van der Waals surface area contributed by atoms with Gasteiger partial charge in [-0.3, -0.25) is 0 Å². The number of anilines is 4. The SMILES string of the molecule is Cc1cc(C(C)(C)C)cc(C)c1-c1ccc(N2[CH-]N(c3[c-]c(Oc4[c-]c5c(cc4)c4ccccc4n5-c4cc(C(C)(C)C)ccn4)ccc3)c3ncccc32)nc1.[Pt]. The molecular weight excluding hydrogens is 896 g/mol. The molecule has 0 N–H and O–H groups in total. The molecule has 9 rings (SSSR count). The van der Waals surface area contributed by atoms with Crippen molar-refractivity contribution in [3.8, 4) is 28.4 Å². The molecule has 8 aromatic rings. The molecule has 0 bridgehead atoms. The van der Waals surface area contributed by atoms with Gasteiger partial charge in [-0.2, -0.15) is 12.1 Å². The van der Waals surface area contributed by atoms with Crippen LogP contribution in [0.2, 0.25) is 0 Å². The largest absolute Gasteiger partial charge is 0.509 e. The number of rotatable bonds is 6. The van der Waals surface area contributed by atoms with Gasteiger partial charge in [0.25, 0.3) is 0 Å². The van der Waals surface area contributed by atoms with Gasteiger partial charge >= 0.3 is 0 Å². The van der Waals surface area contributed by atoms with E-state index in [0.717, 1.165) is 56.2 Å². The van der Waals surface area contributed by atoms with Gasteiger partial charge in [0.15, 0.2) is 0 Å². The van der Waals surface area contributed by atoms with Crippen LogP contribution in [0.15, 0.2) is 122 Å². The molecular formula is C50H45N6OPt-3. The van der Waals surface area contributed by atoms with Crippen molar-refractivity contribution < 1.29 is 25.8 Å². The Morgan fingerprint density at radius 1 is 0.621 bits per heavy atom. The molecule has 7 nitrogen and oxygen atoms in total. The van der Waals surface area contributed by atoms with E-state index >= 15 is 0 Å². The minimum atomic E-state index is -0.0198. The van der Waals surface area contributed by atoms with Crippen LogP contribution in [-0.2, 0) is 31.9 Å². The molecule has 58 heavy (non-hydrogen) atoms. The Morgan fingerprint density at radius 3 is 2.12 bits per heavy atom. The molecule has 0 radical (unpaired) electrons. The summed E-state index contributed by atoms with van der Waals surface area (Å²) in [4.78, 5) is 18.7. The Kier molecular flexibility index (Phi) is 10.0. The molecule has 0 fully saturated rings. The van der Waals surface area contributed by atoms with Crippen LogP contribution >= 0.6 is 0 Å². The van der Waals surface area contributed by atoms with Crippen molar-refractivity contribution in [2.45, 2.75) is 66.2 Å². The molecule has 8 heteroatoms. The van der Waals surface area contributed by atoms with Crippen LogP contribution in [-0.4, -0.2) is 19.5 Å². The van der Waals surface area contributed by atoms with Crippen molar-refractivity contribution in [1.29, 1.82) is 0 Å². The van der Waals surface area contributed by atoms with Crippen LogP contribution in [0.5, 0.6) is 11.5 Å². The van der Waals surface area contributed by atoms with Gasteiger partial charge < -0.3 is 19.1 Å². The predicted molar refractivity (Wildman–Crippen MR) is 232 cm³/mol. The van der Waals surface area contributed by atoms with Gasteiger partial charge in [0.2, 0.25) is 0 Å². The minimum absolute atomic E-state index is 0. The topological polar surface area (TPSA) is 59.3 Å². The average Bonchev–Trinajstić information content (AvgIpc) is 3.74. The van der Waals surface area contributed by atoms with E-state index in [1.807, 2.05) is 60.5 Å². The fraction of sp³-hybridized carbons (Fsp3) is 0.200. The van der Waals surface area contributed by atoms with Gasteiger partial charge in [-0.25, -0.2) is 15.0 Å². The summed E-state index contributed by atoms with van der Waals surface area (Å²) < 4.78 is 8.69. The monoisotopic (exact) mass is 940 g/mol. The van der Waals surface area contributed by atoms with Crippen molar-refractivity contribution in [2.75, 3.05) is 9.80 Å². The minimum Gasteiger partial charge on any atom is -0.509 e. The third kappa shape index (κ3) is 7.07. The molecule has 0 atom stereocenters. The summed E-state index contributed by atoms with van der Waals surface area (Å²) in [5.74, 6) is 3.57. The number of hydrogen-bond donors (Lipinski definition) is 0. The first-order chi connectivity index (χ1) is 27.3. The van der Waals surface area contributed by atoms with Gasteiger partial charge in [-0.1, -0.05) is 83.1 Å². The second-order valence-electron chi connectivity index (χ2n) is 16.9. The molecule has 0 spiro atoms. The zero-order valence-corrected chi connectivity index (χ0v) is 36.3. The van der Waals surface area contributed by atoms with Gasteiger partial charge in [-0.15, -0.1) is 42.4 Å². The Labute approximate surface area is 355 Å². The standard InChI is InChI=1S/C50H45N6O.Pt/c1-32-25-36(50(6,7)8)26-33(2)47(32)34-18-21-45(53-30-34)55-31-54(48-43(55)17-12-23-52-48)37-13-11-14-38(28-37)57-39-19-20-41-40-15-9-10-16-42(40)56(44(41)29-39)46-27-35(22-24-51-46)49(3,4)5;/h9-27,30-31H,1-8H3;/q-3;. The smallest absolute Gasteiger partial charge is 0.135 e. The van der Waals surface area contributed by atoms with E-state index in [0.29, 0.717) is 11.5 Å². The number of hydrogen-bond acceptors (Lipinski definition) is 6. The number of ether oxygens (including phenoxy) is 1. The van der Waals surface area contributed by atoms with Crippen LogP contribution < -0.4 is 14.5 Å². The van der Waals surface area contributed by atoms with Gasteiger partial charge in [0.1, 0.15) is 17.5 Å². The predicted octanol–water partition coefficient (Wildman–Crippen LogP) is 12.6. The number of fused-ring (bicyclic) bond motifs is 4. The molecule has 294 valence electrons. The third-order valence-electron chi connectivity index (χ3n) is 10.8. The van der Waals surface area contributed by atoms with Crippen LogP contribution in [0.1, 0.15) is 63.8 Å². The normalized spacial score (nSPS) is 12.9. The van der Waals surface area contributed by atoms with Crippen molar-refractivity contribution in [1.82, 2.24) is 19.5 Å². The Balaban J connectivity index is 0.00000469. The Morgan fingerprint density at radius 2 is 1.38 bits per heavy atom. The molecule has 0 saturated heterocycles. The van der Waals surface area contributed by atoms with Gasteiger partial charge in [0, 0.05) is 62.2 Å². The van der Waals surface area contributed by atoms with Gasteiger partial charge in [0.05, 0.1) is 5.69 Å². The molecule has 1 aliphatic rings. The maximum Gasteiger partial charge on any atom is 0.135 e. The summed E-state index contributed by atoms with van der Waals surface area (Å²) in [6.45, 7) is 19.8. The molecule has 0 unspecified atom stereocenters. The Bertz CT molecular complexity index is 2790. The first-order valence-electron chi connectivity index (χ1n) is 19.4. The molecule has 4 aromatic heterocycles. The Hall–Kier alpha value is -5.78.